The lowest BCUT2D eigenvalue weighted by Crippen LogP contribution is -2.43. The molecular formula is C14H17N5O. The zero-order chi connectivity index (χ0) is 13.6. The summed E-state index contributed by atoms with van der Waals surface area (Å²) in [6.07, 6.45) is 8.94. The van der Waals surface area contributed by atoms with Gasteiger partial charge in [-0.25, -0.2) is 19.9 Å². The Morgan fingerprint density at radius 1 is 1.20 bits per heavy atom. The molecule has 3 heterocycles. The fraction of sp³-hybridized carbons (Fsp3) is 0.429. The molecule has 0 N–H and O–H groups in total. The smallest absolute Gasteiger partial charge is 0.225 e. The molecule has 6 heteroatoms. The van der Waals surface area contributed by atoms with Gasteiger partial charge in [0.2, 0.25) is 5.95 Å². The largest absolute Gasteiger partial charge is 0.375 e. The minimum absolute atomic E-state index is 0.197. The van der Waals surface area contributed by atoms with Crippen LogP contribution in [0, 0.1) is 0 Å². The number of aryl methyl sites for hydroxylation is 1. The van der Waals surface area contributed by atoms with Crippen molar-refractivity contribution < 1.29 is 4.74 Å². The molecule has 0 saturated carbocycles. The lowest BCUT2D eigenvalue weighted by molar-refractivity contribution is 0.0348. The van der Waals surface area contributed by atoms with Crippen molar-refractivity contribution in [2.45, 2.75) is 18.9 Å². The van der Waals surface area contributed by atoms with E-state index in [0.29, 0.717) is 6.61 Å². The molecule has 0 aromatic carbocycles. The van der Waals surface area contributed by atoms with Crippen LogP contribution in [0.4, 0.5) is 5.95 Å². The number of hydrogen-bond acceptors (Lipinski definition) is 6. The van der Waals surface area contributed by atoms with E-state index in [-0.39, 0.29) is 6.10 Å². The van der Waals surface area contributed by atoms with E-state index in [4.69, 9.17) is 4.74 Å². The summed E-state index contributed by atoms with van der Waals surface area (Å²) in [6.45, 7) is 2.38. The zero-order valence-electron chi connectivity index (χ0n) is 11.2. The Balaban J connectivity index is 1.56. The number of nitrogens with zero attached hydrogens (tertiary/aromatic N) is 5. The normalized spacial score (nSPS) is 19.0. The number of aromatic nitrogens is 4. The van der Waals surface area contributed by atoms with Gasteiger partial charge in [-0.05, 0) is 25.0 Å². The van der Waals surface area contributed by atoms with Crippen molar-refractivity contribution in [3.05, 3.63) is 42.7 Å². The second-order valence-corrected chi connectivity index (χ2v) is 4.73. The van der Waals surface area contributed by atoms with E-state index in [2.05, 4.69) is 24.8 Å². The summed E-state index contributed by atoms with van der Waals surface area (Å²) in [7, 11) is 0. The first-order chi connectivity index (χ1) is 9.92. The van der Waals surface area contributed by atoms with Crippen molar-refractivity contribution in [3.63, 3.8) is 0 Å². The van der Waals surface area contributed by atoms with Gasteiger partial charge < -0.3 is 9.64 Å². The molecule has 1 fully saturated rings. The summed E-state index contributed by atoms with van der Waals surface area (Å²) in [5, 5.41) is 0. The SMILES string of the molecule is c1cnc(N2CCO[C@H](CCc3ccncn3)C2)nc1. The van der Waals surface area contributed by atoms with Crippen molar-refractivity contribution in [3.8, 4) is 0 Å². The monoisotopic (exact) mass is 271 g/mol. The lowest BCUT2D eigenvalue weighted by Gasteiger charge is -2.32. The number of rotatable bonds is 4. The third kappa shape index (κ3) is 3.27. The van der Waals surface area contributed by atoms with Crippen LogP contribution in [0.5, 0.6) is 0 Å². The summed E-state index contributed by atoms with van der Waals surface area (Å²) in [6, 6.07) is 3.78. The molecule has 1 aliphatic rings. The van der Waals surface area contributed by atoms with Crippen molar-refractivity contribution >= 4 is 5.95 Å². The maximum Gasteiger partial charge on any atom is 0.225 e. The number of anilines is 1. The minimum atomic E-state index is 0.197. The van der Waals surface area contributed by atoms with Gasteiger partial charge in [0.1, 0.15) is 6.33 Å². The maximum atomic E-state index is 5.81. The van der Waals surface area contributed by atoms with Crippen LogP contribution in [0.15, 0.2) is 37.1 Å². The first-order valence-corrected chi connectivity index (χ1v) is 6.80. The molecule has 1 saturated heterocycles. The molecule has 0 bridgehead atoms. The highest BCUT2D eigenvalue weighted by Crippen LogP contribution is 2.15. The molecule has 0 amide bonds. The second-order valence-electron chi connectivity index (χ2n) is 4.73. The molecular weight excluding hydrogens is 254 g/mol. The van der Waals surface area contributed by atoms with Gasteiger partial charge in [-0.2, -0.15) is 0 Å². The maximum absolute atomic E-state index is 5.81. The number of hydrogen-bond donors (Lipinski definition) is 0. The molecule has 2 aromatic heterocycles. The van der Waals surface area contributed by atoms with E-state index in [9.17, 15) is 0 Å². The molecule has 0 radical (unpaired) electrons. The average molecular weight is 271 g/mol. The number of morpholine rings is 1. The van der Waals surface area contributed by atoms with Crippen molar-refractivity contribution in [1.82, 2.24) is 19.9 Å². The standard InChI is InChI=1S/C14H17N5O/c1-5-16-14(17-6-1)19-8-9-20-13(10-19)3-2-12-4-7-15-11-18-12/h1,4-7,11,13H,2-3,8-10H2/t13-/m1/s1. The average Bonchev–Trinajstić information content (AvgIpc) is 2.55. The number of ether oxygens (including phenoxy) is 1. The first-order valence-electron chi connectivity index (χ1n) is 6.80. The minimum Gasteiger partial charge on any atom is -0.375 e. The Bertz CT molecular complexity index is 522. The fourth-order valence-corrected chi connectivity index (χ4v) is 2.30. The molecule has 6 nitrogen and oxygen atoms in total. The van der Waals surface area contributed by atoms with Crippen molar-refractivity contribution in [2.75, 3.05) is 24.6 Å². The highest BCUT2D eigenvalue weighted by atomic mass is 16.5. The van der Waals surface area contributed by atoms with Gasteiger partial charge in [0.25, 0.3) is 0 Å². The van der Waals surface area contributed by atoms with E-state index in [1.165, 1.54) is 0 Å². The summed E-state index contributed by atoms with van der Waals surface area (Å²) >= 11 is 0. The second kappa shape index (κ2) is 6.38. The zero-order valence-corrected chi connectivity index (χ0v) is 11.2. The molecule has 0 unspecified atom stereocenters. The van der Waals surface area contributed by atoms with Gasteiger partial charge in [0.15, 0.2) is 0 Å². The van der Waals surface area contributed by atoms with Crippen LogP contribution in [-0.4, -0.2) is 45.7 Å². The molecule has 3 rings (SSSR count). The van der Waals surface area contributed by atoms with E-state index in [1.54, 1.807) is 24.9 Å². The van der Waals surface area contributed by atoms with E-state index in [0.717, 1.165) is 37.6 Å². The first kappa shape index (κ1) is 12.9. The molecule has 0 aliphatic carbocycles. The molecule has 104 valence electrons. The summed E-state index contributed by atoms with van der Waals surface area (Å²) < 4.78 is 5.81. The summed E-state index contributed by atoms with van der Waals surface area (Å²) in [4.78, 5) is 18.9. The van der Waals surface area contributed by atoms with Gasteiger partial charge in [-0.1, -0.05) is 0 Å². The Hall–Kier alpha value is -2.08. The predicted octanol–water partition coefficient (Wildman–Crippen LogP) is 1.10. The van der Waals surface area contributed by atoms with Crippen LogP contribution in [0.1, 0.15) is 12.1 Å². The summed E-state index contributed by atoms with van der Waals surface area (Å²) in [5.74, 6) is 0.780. The van der Waals surface area contributed by atoms with Crippen LogP contribution in [0.3, 0.4) is 0 Å². The topological polar surface area (TPSA) is 64.0 Å². The fourth-order valence-electron chi connectivity index (χ4n) is 2.30. The highest BCUT2D eigenvalue weighted by molar-refractivity contribution is 5.29. The van der Waals surface area contributed by atoms with E-state index in [1.807, 2.05) is 12.1 Å². The van der Waals surface area contributed by atoms with Crippen molar-refractivity contribution in [1.29, 1.82) is 0 Å². The van der Waals surface area contributed by atoms with Gasteiger partial charge in [-0.3, -0.25) is 0 Å². The Morgan fingerprint density at radius 2 is 2.10 bits per heavy atom. The third-order valence-electron chi connectivity index (χ3n) is 3.34. The Morgan fingerprint density at radius 3 is 2.90 bits per heavy atom. The van der Waals surface area contributed by atoms with Gasteiger partial charge in [-0.15, -0.1) is 0 Å². The molecule has 1 atom stereocenters. The van der Waals surface area contributed by atoms with Gasteiger partial charge >= 0.3 is 0 Å². The van der Waals surface area contributed by atoms with Crippen molar-refractivity contribution in [2.24, 2.45) is 0 Å². The van der Waals surface area contributed by atoms with Crippen LogP contribution < -0.4 is 4.90 Å². The van der Waals surface area contributed by atoms with Crippen LogP contribution in [0.2, 0.25) is 0 Å². The third-order valence-corrected chi connectivity index (χ3v) is 3.34. The van der Waals surface area contributed by atoms with Crippen LogP contribution in [-0.2, 0) is 11.2 Å². The van der Waals surface area contributed by atoms with E-state index < -0.39 is 0 Å². The van der Waals surface area contributed by atoms with Gasteiger partial charge in [0, 0.05) is 37.4 Å². The highest BCUT2D eigenvalue weighted by Gasteiger charge is 2.21. The van der Waals surface area contributed by atoms with Gasteiger partial charge in [0.05, 0.1) is 12.7 Å². The van der Waals surface area contributed by atoms with Crippen LogP contribution in [0.25, 0.3) is 0 Å². The molecule has 0 spiro atoms. The molecule has 1 aliphatic heterocycles. The lowest BCUT2D eigenvalue weighted by atomic mass is 10.1. The van der Waals surface area contributed by atoms with E-state index >= 15 is 0 Å². The molecule has 20 heavy (non-hydrogen) atoms. The molecule has 2 aromatic rings. The Labute approximate surface area is 117 Å². The quantitative estimate of drug-likeness (QED) is 0.830. The predicted molar refractivity (Wildman–Crippen MR) is 74.3 cm³/mol. The van der Waals surface area contributed by atoms with Crippen LogP contribution >= 0.6 is 0 Å². The summed E-state index contributed by atoms with van der Waals surface area (Å²) in [5.41, 5.74) is 1.05. The Kier molecular flexibility index (Phi) is 4.13.